The van der Waals surface area contributed by atoms with E-state index < -0.39 is 11.9 Å². The Morgan fingerprint density at radius 3 is 2.39 bits per heavy atom. The number of hydrogen-bond donors (Lipinski definition) is 1. The summed E-state index contributed by atoms with van der Waals surface area (Å²) in [4.78, 5) is 29.0. The molecule has 0 amide bonds. The van der Waals surface area contributed by atoms with Crippen LogP contribution in [0.2, 0.25) is 0 Å². The van der Waals surface area contributed by atoms with Gasteiger partial charge in [0.1, 0.15) is 5.82 Å². The summed E-state index contributed by atoms with van der Waals surface area (Å²) in [6.45, 7) is 6.95. The second kappa shape index (κ2) is 10.3. The average molecular weight is 491 g/mol. The molecule has 1 aliphatic carbocycles. The lowest BCUT2D eigenvalue weighted by molar-refractivity contribution is -0.138. The van der Waals surface area contributed by atoms with Crippen molar-refractivity contribution in [1.29, 1.82) is 0 Å². The molecule has 2 aromatic carbocycles. The fourth-order valence-electron chi connectivity index (χ4n) is 5.52. The van der Waals surface area contributed by atoms with Crippen molar-refractivity contribution in [2.24, 2.45) is 0 Å². The van der Waals surface area contributed by atoms with E-state index in [0.29, 0.717) is 42.9 Å². The van der Waals surface area contributed by atoms with Gasteiger partial charge in [-0.15, -0.1) is 0 Å². The molecular weight excluding hydrogens is 459 g/mol. The quantitative estimate of drug-likeness (QED) is 0.619. The fourth-order valence-corrected chi connectivity index (χ4v) is 5.52. The lowest BCUT2D eigenvalue weighted by Gasteiger charge is -2.37. The van der Waals surface area contributed by atoms with Crippen LogP contribution < -0.4 is 10.2 Å². The van der Waals surface area contributed by atoms with E-state index in [1.54, 1.807) is 19.1 Å². The molecule has 1 N–H and O–H groups in total. The number of allylic oxidation sites excluding steroid dienone is 3. The predicted molar refractivity (Wildman–Crippen MR) is 135 cm³/mol. The van der Waals surface area contributed by atoms with E-state index in [0.717, 1.165) is 35.6 Å². The van der Waals surface area contributed by atoms with Gasteiger partial charge in [-0.05, 0) is 61.6 Å². The van der Waals surface area contributed by atoms with Gasteiger partial charge in [0.15, 0.2) is 5.78 Å². The molecule has 2 aromatic rings. The van der Waals surface area contributed by atoms with Gasteiger partial charge in [0, 0.05) is 48.1 Å². The van der Waals surface area contributed by atoms with Crippen molar-refractivity contribution in [2.45, 2.75) is 38.5 Å². The highest BCUT2D eigenvalue weighted by Gasteiger charge is 2.41. The standard InChI is InChI=1S/C29H31FN2O4/c1-3-36-29(34)26-18(2)31-24-16-21(19-4-8-22(30)9-5-19)17-25(33)28(24)27(26)20-6-10-23(11-7-20)32-12-14-35-15-13-32/h4-11,21,27,31H,3,12-17H2,1-2H3/t21-,27-/m1/s1. The first-order valence-electron chi connectivity index (χ1n) is 12.6. The molecule has 0 radical (unpaired) electrons. The number of ketones is 1. The van der Waals surface area contributed by atoms with Crippen LogP contribution >= 0.6 is 0 Å². The highest BCUT2D eigenvalue weighted by Crippen LogP contribution is 2.46. The zero-order valence-electron chi connectivity index (χ0n) is 20.7. The lowest BCUT2D eigenvalue weighted by Crippen LogP contribution is -2.36. The Hall–Kier alpha value is -3.45. The van der Waals surface area contributed by atoms with Crippen molar-refractivity contribution in [3.63, 3.8) is 0 Å². The fraction of sp³-hybridized carbons (Fsp3) is 0.379. The van der Waals surface area contributed by atoms with E-state index in [2.05, 4.69) is 22.3 Å². The first-order chi connectivity index (χ1) is 17.5. The van der Waals surface area contributed by atoms with Crippen LogP contribution in [-0.4, -0.2) is 44.7 Å². The molecule has 5 rings (SSSR count). The molecule has 0 bridgehead atoms. The summed E-state index contributed by atoms with van der Waals surface area (Å²) in [6, 6.07) is 14.5. The second-order valence-corrected chi connectivity index (χ2v) is 9.48. The Balaban J connectivity index is 1.52. The Bertz CT molecular complexity index is 1210. The number of Topliss-reactive ketones (excluding diaryl/α,β-unsaturated/α-hetero) is 1. The molecule has 0 aromatic heterocycles. The maximum atomic E-state index is 13.6. The summed E-state index contributed by atoms with van der Waals surface area (Å²) in [5.41, 5.74) is 5.54. The van der Waals surface area contributed by atoms with Crippen LogP contribution in [0.5, 0.6) is 0 Å². The van der Waals surface area contributed by atoms with Crippen molar-refractivity contribution in [1.82, 2.24) is 5.32 Å². The number of halogens is 1. The average Bonchev–Trinajstić information content (AvgIpc) is 2.89. The van der Waals surface area contributed by atoms with Crippen molar-refractivity contribution in [3.05, 3.63) is 88.0 Å². The summed E-state index contributed by atoms with van der Waals surface area (Å²) < 4.78 is 24.3. The first kappa shape index (κ1) is 24.3. The molecule has 36 heavy (non-hydrogen) atoms. The van der Waals surface area contributed by atoms with Crippen LogP contribution in [0.25, 0.3) is 0 Å². The number of carbonyl (C=O) groups is 2. The smallest absolute Gasteiger partial charge is 0.336 e. The van der Waals surface area contributed by atoms with Gasteiger partial charge in [-0.2, -0.15) is 0 Å². The molecule has 2 heterocycles. The highest BCUT2D eigenvalue weighted by molar-refractivity contribution is 6.04. The molecule has 0 unspecified atom stereocenters. The van der Waals surface area contributed by atoms with Gasteiger partial charge in [-0.1, -0.05) is 24.3 Å². The summed E-state index contributed by atoms with van der Waals surface area (Å²) >= 11 is 0. The molecule has 0 saturated carbocycles. The molecule has 3 aliphatic rings. The van der Waals surface area contributed by atoms with E-state index in [-0.39, 0.29) is 24.1 Å². The SMILES string of the molecule is CCOC(=O)C1=C(C)NC2=C(C(=O)C[C@H](c3ccc(F)cc3)C2)[C@@H]1c1ccc(N2CCOCC2)cc1. The van der Waals surface area contributed by atoms with E-state index in [4.69, 9.17) is 9.47 Å². The van der Waals surface area contributed by atoms with E-state index in [1.165, 1.54) is 12.1 Å². The van der Waals surface area contributed by atoms with Crippen LogP contribution in [0.4, 0.5) is 10.1 Å². The summed E-state index contributed by atoms with van der Waals surface area (Å²) in [5.74, 6) is -1.26. The maximum absolute atomic E-state index is 13.6. The predicted octanol–water partition coefficient (Wildman–Crippen LogP) is 4.59. The van der Waals surface area contributed by atoms with Gasteiger partial charge in [0.05, 0.1) is 25.4 Å². The summed E-state index contributed by atoms with van der Waals surface area (Å²) in [5, 5.41) is 3.35. The third kappa shape index (κ3) is 4.67. The molecule has 2 atom stereocenters. The molecule has 0 spiro atoms. The Kier molecular flexibility index (Phi) is 6.92. The topological polar surface area (TPSA) is 67.9 Å². The summed E-state index contributed by atoms with van der Waals surface area (Å²) in [7, 11) is 0. The third-order valence-corrected chi connectivity index (χ3v) is 7.27. The Morgan fingerprint density at radius 1 is 1.06 bits per heavy atom. The van der Waals surface area contributed by atoms with Gasteiger partial charge in [-0.25, -0.2) is 9.18 Å². The molecule has 1 fully saturated rings. The van der Waals surface area contributed by atoms with Crippen molar-refractivity contribution >= 4 is 17.4 Å². The monoisotopic (exact) mass is 490 g/mol. The molecule has 7 heteroatoms. The molecule has 188 valence electrons. The van der Waals surface area contributed by atoms with Gasteiger partial charge < -0.3 is 19.7 Å². The van der Waals surface area contributed by atoms with Crippen molar-refractivity contribution in [3.8, 4) is 0 Å². The van der Waals surface area contributed by atoms with E-state index in [9.17, 15) is 14.0 Å². The Morgan fingerprint density at radius 2 is 1.72 bits per heavy atom. The number of carbonyl (C=O) groups excluding carboxylic acids is 2. The molecule has 1 saturated heterocycles. The number of rotatable bonds is 5. The number of nitrogens with zero attached hydrogens (tertiary/aromatic N) is 1. The van der Waals surface area contributed by atoms with Crippen LogP contribution in [0.15, 0.2) is 71.1 Å². The Labute approximate surface area is 210 Å². The van der Waals surface area contributed by atoms with Gasteiger partial charge in [0.2, 0.25) is 0 Å². The van der Waals surface area contributed by atoms with Crippen molar-refractivity contribution in [2.75, 3.05) is 37.8 Å². The summed E-state index contributed by atoms with van der Waals surface area (Å²) in [6.07, 6.45) is 0.923. The molecular formula is C29H31FN2O4. The minimum Gasteiger partial charge on any atom is -0.463 e. The normalized spacial score (nSPS) is 22.3. The largest absolute Gasteiger partial charge is 0.463 e. The zero-order chi connectivity index (χ0) is 25.2. The minimum atomic E-state index is -0.499. The molecule has 6 nitrogen and oxygen atoms in total. The number of esters is 1. The van der Waals surface area contributed by atoms with Gasteiger partial charge >= 0.3 is 5.97 Å². The first-order valence-corrected chi connectivity index (χ1v) is 12.6. The number of dihydropyridines is 1. The number of morpholine rings is 1. The zero-order valence-corrected chi connectivity index (χ0v) is 20.7. The number of hydrogen-bond acceptors (Lipinski definition) is 6. The second-order valence-electron chi connectivity index (χ2n) is 9.48. The van der Waals surface area contributed by atoms with Crippen LogP contribution in [-0.2, 0) is 19.1 Å². The van der Waals surface area contributed by atoms with Crippen LogP contribution in [0.1, 0.15) is 49.7 Å². The maximum Gasteiger partial charge on any atom is 0.336 e. The number of ether oxygens (including phenoxy) is 2. The number of benzene rings is 2. The van der Waals surface area contributed by atoms with Gasteiger partial charge in [0.25, 0.3) is 0 Å². The molecule has 2 aliphatic heterocycles. The van der Waals surface area contributed by atoms with Crippen molar-refractivity contribution < 1.29 is 23.5 Å². The van der Waals surface area contributed by atoms with E-state index in [1.807, 2.05) is 19.1 Å². The van der Waals surface area contributed by atoms with Crippen LogP contribution in [0, 0.1) is 5.82 Å². The lowest BCUT2D eigenvalue weighted by atomic mass is 9.71. The van der Waals surface area contributed by atoms with E-state index >= 15 is 0 Å². The van der Waals surface area contributed by atoms with Crippen LogP contribution in [0.3, 0.4) is 0 Å². The third-order valence-electron chi connectivity index (χ3n) is 7.27. The number of anilines is 1. The minimum absolute atomic E-state index is 0.00497. The van der Waals surface area contributed by atoms with Gasteiger partial charge in [-0.3, -0.25) is 4.79 Å². The highest BCUT2D eigenvalue weighted by atomic mass is 19.1. The number of nitrogens with one attached hydrogen (secondary N) is 1.